The van der Waals surface area contributed by atoms with Crippen LogP contribution >= 0.6 is 0 Å². The van der Waals surface area contributed by atoms with E-state index in [1.54, 1.807) is 6.92 Å². The minimum Gasteiger partial charge on any atom is -0.214 e. The van der Waals surface area contributed by atoms with Crippen molar-refractivity contribution in [2.75, 3.05) is 25.1 Å². The van der Waals surface area contributed by atoms with Crippen LogP contribution in [0.25, 0.3) is 0 Å². The van der Waals surface area contributed by atoms with Crippen LogP contribution in [0.5, 0.6) is 0 Å². The number of hydrogen-bond donors (Lipinski definition) is 1. The number of rotatable bonds is 9. The van der Waals surface area contributed by atoms with Gasteiger partial charge in [0.1, 0.15) is 5.82 Å². The Morgan fingerprint density at radius 1 is 1.14 bits per heavy atom. The zero-order valence-corrected chi connectivity index (χ0v) is 14.3. The molecular weight excluding hydrogens is 331 g/mol. The smallest absolute Gasteiger partial charge is 0.211 e. The standard InChI is InChI=1S/C13H21FN2O4S2/c1-3-10-22(19,20)15-8-9-16(21(2,17)18)11-12-4-6-13(14)7-5-12/h4-7,15H,3,8-11H2,1-2H3. The van der Waals surface area contributed by atoms with E-state index in [9.17, 15) is 21.2 Å². The van der Waals surface area contributed by atoms with Gasteiger partial charge >= 0.3 is 0 Å². The molecule has 0 amide bonds. The Morgan fingerprint density at radius 3 is 2.23 bits per heavy atom. The number of halogens is 1. The minimum atomic E-state index is -3.50. The lowest BCUT2D eigenvalue weighted by Crippen LogP contribution is -2.38. The van der Waals surface area contributed by atoms with Gasteiger partial charge in [-0.1, -0.05) is 19.1 Å². The van der Waals surface area contributed by atoms with Crippen molar-refractivity contribution in [1.29, 1.82) is 0 Å². The van der Waals surface area contributed by atoms with Crippen LogP contribution in [0.4, 0.5) is 4.39 Å². The molecule has 126 valence electrons. The fraction of sp³-hybridized carbons (Fsp3) is 0.538. The van der Waals surface area contributed by atoms with Gasteiger partial charge in [0.05, 0.1) is 12.0 Å². The average molecular weight is 352 g/mol. The van der Waals surface area contributed by atoms with Gasteiger partial charge in [0.15, 0.2) is 0 Å². The highest BCUT2D eigenvalue weighted by molar-refractivity contribution is 7.89. The Balaban J connectivity index is 2.69. The van der Waals surface area contributed by atoms with Gasteiger partial charge in [-0.15, -0.1) is 0 Å². The van der Waals surface area contributed by atoms with Crippen molar-refractivity contribution in [3.05, 3.63) is 35.6 Å². The molecule has 0 heterocycles. The summed E-state index contributed by atoms with van der Waals surface area (Å²) in [7, 11) is -6.87. The van der Waals surface area contributed by atoms with Crippen molar-refractivity contribution in [2.45, 2.75) is 19.9 Å². The van der Waals surface area contributed by atoms with Gasteiger partial charge in [-0.05, 0) is 24.1 Å². The number of hydrogen-bond acceptors (Lipinski definition) is 4. The van der Waals surface area contributed by atoms with E-state index in [1.165, 1.54) is 24.3 Å². The first-order chi connectivity index (χ1) is 10.1. The summed E-state index contributed by atoms with van der Waals surface area (Å²) in [5, 5.41) is 0. The van der Waals surface area contributed by atoms with E-state index < -0.39 is 25.9 Å². The van der Waals surface area contributed by atoms with Crippen LogP contribution in [0, 0.1) is 5.82 Å². The highest BCUT2D eigenvalue weighted by Gasteiger charge is 2.18. The fourth-order valence-corrected chi connectivity index (χ4v) is 3.71. The summed E-state index contributed by atoms with van der Waals surface area (Å²) in [5.41, 5.74) is 0.628. The van der Waals surface area contributed by atoms with Crippen molar-refractivity contribution in [2.24, 2.45) is 0 Å². The van der Waals surface area contributed by atoms with E-state index in [1.807, 2.05) is 0 Å². The maximum atomic E-state index is 12.9. The molecule has 0 fully saturated rings. The Kier molecular flexibility index (Phi) is 6.92. The van der Waals surface area contributed by atoms with Crippen molar-refractivity contribution < 1.29 is 21.2 Å². The molecule has 0 aliphatic rings. The van der Waals surface area contributed by atoms with Crippen molar-refractivity contribution in [1.82, 2.24) is 9.03 Å². The molecule has 0 spiro atoms. The molecule has 1 aromatic carbocycles. The first kappa shape index (κ1) is 19.0. The van der Waals surface area contributed by atoms with Crippen molar-refractivity contribution in [3.63, 3.8) is 0 Å². The van der Waals surface area contributed by atoms with Gasteiger partial charge in [0.25, 0.3) is 0 Å². The van der Waals surface area contributed by atoms with E-state index in [-0.39, 0.29) is 25.4 Å². The maximum Gasteiger partial charge on any atom is 0.211 e. The summed E-state index contributed by atoms with van der Waals surface area (Å²) < 4.78 is 63.0. The van der Waals surface area contributed by atoms with E-state index in [0.29, 0.717) is 12.0 Å². The van der Waals surface area contributed by atoms with E-state index in [0.717, 1.165) is 10.6 Å². The Morgan fingerprint density at radius 2 is 1.73 bits per heavy atom. The summed E-state index contributed by atoms with van der Waals surface area (Å²) in [6.45, 7) is 1.82. The zero-order valence-electron chi connectivity index (χ0n) is 12.6. The van der Waals surface area contributed by atoms with E-state index in [4.69, 9.17) is 0 Å². The molecule has 0 unspecified atom stereocenters. The largest absolute Gasteiger partial charge is 0.214 e. The Bertz CT molecular complexity index is 672. The molecule has 0 saturated carbocycles. The molecule has 0 radical (unpaired) electrons. The van der Waals surface area contributed by atoms with E-state index >= 15 is 0 Å². The predicted molar refractivity (Wildman–Crippen MR) is 83.7 cm³/mol. The van der Waals surface area contributed by atoms with Gasteiger partial charge in [0, 0.05) is 19.6 Å². The highest BCUT2D eigenvalue weighted by atomic mass is 32.2. The number of benzene rings is 1. The highest BCUT2D eigenvalue weighted by Crippen LogP contribution is 2.09. The molecule has 1 aromatic rings. The second kappa shape index (κ2) is 8.00. The van der Waals surface area contributed by atoms with Crippen LogP contribution in [0.15, 0.2) is 24.3 Å². The number of nitrogens with zero attached hydrogens (tertiary/aromatic N) is 1. The quantitative estimate of drug-likeness (QED) is 0.716. The number of sulfonamides is 2. The van der Waals surface area contributed by atoms with Crippen LogP contribution in [-0.4, -0.2) is 46.2 Å². The minimum absolute atomic E-state index is 0.00337. The monoisotopic (exact) mass is 352 g/mol. The third kappa shape index (κ3) is 6.82. The molecule has 9 heteroatoms. The first-order valence-corrected chi connectivity index (χ1v) is 10.3. The molecule has 0 aliphatic carbocycles. The molecule has 1 rings (SSSR count). The lowest BCUT2D eigenvalue weighted by molar-refractivity contribution is 0.412. The molecule has 22 heavy (non-hydrogen) atoms. The molecule has 0 bridgehead atoms. The third-order valence-corrected chi connectivity index (χ3v) is 5.74. The predicted octanol–water partition coefficient (Wildman–Crippen LogP) is 0.917. The summed E-state index contributed by atoms with van der Waals surface area (Å²) in [5.74, 6) is -0.397. The van der Waals surface area contributed by atoms with Crippen LogP contribution in [0.3, 0.4) is 0 Å². The molecule has 6 nitrogen and oxygen atoms in total. The first-order valence-electron chi connectivity index (χ1n) is 6.81. The lowest BCUT2D eigenvalue weighted by atomic mass is 10.2. The zero-order chi connectivity index (χ0) is 16.8. The number of nitrogens with one attached hydrogen (secondary N) is 1. The van der Waals surface area contributed by atoms with Gasteiger partial charge in [-0.2, -0.15) is 4.31 Å². The maximum absolute atomic E-state index is 12.9. The molecule has 0 atom stereocenters. The summed E-state index contributed by atoms with van der Waals surface area (Å²) >= 11 is 0. The average Bonchev–Trinajstić information content (AvgIpc) is 2.38. The summed E-state index contributed by atoms with van der Waals surface area (Å²) in [4.78, 5) is 0. The normalized spacial score (nSPS) is 12.7. The van der Waals surface area contributed by atoms with Crippen molar-refractivity contribution >= 4 is 20.0 Å². The van der Waals surface area contributed by atoms with Gasteiger partial charge < -0.3 is 0 Å². The Hall–Kier alpha value is -1.03. The SMILES string of the molecule is CCCS(=O)(=O)NCCN(Cc1ccc(F)cc1)S(C)(=O)=O. The molecule has 1 N–H and O–H groups in total. The van der Waals surface area contributed by atoms with Crippen LogP contribution < -0.4 is 4.72 Å². The third-order valence-electron chi connectivity index (χ3n) is 2.90. The van der Waals surface area contributed by atoms with Crippen LogP contribution in [0.2, 0.25) is 0 Å². The topological polar surface area (TPSA) is 83.6 Å². The van der Waals surface area contributed by atoms with E-state index in [2.05, 4.69) is 4.72 Å². The second-order valence-corrected chi connectivity index (χ2v) is 8.85. The lowest BCUT2D eigenvalue weighted by Gasteiger charge is -2.20. The molecule has 0 aliphatic heterocycles. The summed E-state index contributed by atoms with van der Waals surface area (Å²) in [6, 6.07) is 5.49. The van der Waals surface area contributed by atoms with Gasteiger partial charge in [0.2, 0.25) is 20.0 Å². The summed E-state index contributed by atoms with van der Waals surface area (Å²) in [6.07, 6.45) is 1.54. The fourth-order valence-electron chi connectivity index (χ4n) is 1.82. The molecule has 0 aromatic heterocycles. The van der Waals surface area contributed by atoms with Gasteiger partial charge in [-0.25, -0.2) is 25.9 Å². The molecule has 0 saturated heterocycles. The van der Waals surface area contributed by atoms with Crippen LogP contribution in [0.1, 0.15) is 18.9 Å². The second-order valence-electron chi connectivity index (χ2n) is 4.94. The van der Waals surface area contributed by atoms with Crippen LogP contribution in [-0.2, 0) is 26.6 Å². The molecular formula is C13H21FN2O4S2. The van der Waals surface area contributed by atoms with Crippen molar-refractivity contribution in [3.8, 4) is 0 Å². The Labute approximate surface area is 131 Å². The van der Waals surface area contributed by atoms with Gasteiger partial charge in [-0.3, -0.25) is 0 Å².